The summed E-state index contributed by atoms with van der Waals surface area (Å²) in [6, 6.07) is 7.46. The van der Waals surface area contributed by atoms with Gasteiger partial charge in [0.1, 0.15) is 31.2 Å². The number of para-hydroxylation sites is 1. The van der Waals surface area contributed by atoms with Crippen molar-refractivity contribution in [3.8, 4) is 0 Å². The number of pyridine rings is 1. The molecule has 15 heteroatoms. The number of rotatable bonds is 22. The number of hydrogen-bond donors (Lipinski definition) is 4. The molecule has 0 aliphatic carbocycles. The number of amides is 3. The van der Waals surface area contributed by atoms with Crippen molar-refractivity contribution in [3.63, 3.8) is 0 Å². The number of carbonyl (C=O) groups is 4. The molecule has 0 saturated heterocycles. The van der Waals surface area contributed by atoms with E-state index in [9.17, 15) is 24.3 Å². The molecule has 3 amide bonds. The van der Waals surface area contributed by atoms with Crippen molar-refractivity contribution in [2.45, 2.75) is 73.1 Å². The van der Waals surface area contributed by atoms with E-state index < -0.39 is 17.4 Å². The third-order valence-electron chi connectivity index (χ3n) is 7.19. The van der Waals surface area contributed by atoms with E-state index in [1.54, 1.807) is 13.8 Å². The van der Waals surface area contributed by atoms with Crippen LogP contribution in [0.3, 0.4) is 0 Å². The van der Waals surface area contributed by atoms with Crippen LogP contribution in [0.2, 0.25) is 0 Å². The molecule has 0 fully saturated rings. The van der Waals surface area contributed by atoms with Crippen LogP contribution in [0, 0.1) is 5.41 Å². The van der Waals surface area contributed by atoms with E-state index in [1.807, 2.05) is 35.8 Å². The zero-order valence-electron chi connectivity index (χ0n) is 30.1. The number of aromatic nitrogens is 3. The molecule has 0 bridgehead atoms. The van der Waals surface area contributed by atoms with Crippen molar-refractivity contribution < 1.29 is 43.2 Å². The van der Waals surface area contributed by atoms with Crippen molar-refractivity contribution in [3.05, 3.63) is 30.1 Å². The molecule has 1 aromatic carbocycles. The lowest BCUT2D eigenvalue weighted by Crippen LogP contribution is -2.35. The molecule has 0 unspecified atom stereocenters. The number of carbonyl (C=O) groups excluding carboxylic acids is 4. The van der Waals surface area contributed by atoms with E-state index in [2.05, 4.69) is 41.7 Å². The number of ketones is 1. The fourth-order valence-corrected chi connectivity index (χ4v) is 4.75. The van der Waals surface area contributed by atoms with Gasteiger partial charge in [-0.1, -0.05) is 39.0 Å². The van der Waals surface area contributed by atoms with Crippen molar-refractivity contribution in [1.82, 2.24) is 25.2 Å². The molecule has 50 heavy (non-hydrogen) atoms. The Morgan fingerprint density at radius 1 is 0.820 bits per heavy atom. The van der Waals surface area contributed by atoms with Crippen molar-refractivity contribution in [2.24, 2.45) is 5.41 Å². The SMILES string of the molecule is CCOCc1nc2c(NC(=O)CNC(=O)COCCOCCOCC(=O)NCC(=O)CCC(C)(C)C)nc3ccccc3c2n1CC(C)(C)O. The Balaban J connectivity index is 1.38. The highest BCUT2D eigenvalue weighted by molar-refractivity contribution is 6.10. The number of nitrogens with one attached hydrogen (secondary N) is 3. The molecule has 0 atom stereocenters. The lowest BCUT2D eigenvalue weighted by molar-refractivity contribution is -0.129. The van der Waals surface area contributed by atoms with E-state index in [0.29, 0.717) is 35.4 Å². The number of ether oxygens (including phenoxy) is 4. The average molecular weight is 701 g/mol. The van der Waals surface area contributed by atoms with Gasteiger partial charge in [-0.05, 0) is 38.7 Å². The number of nitrogens with zero attached hydrogens (tertiary/aromatic N) is 3. The molecular weight excluding hydrogens is 648 g/mol. The summed E-state index contributed by atoms with van der Waals surface area (Å²) in [6.45, 7) is 12.3. The maximum Gasteiger partial charge on any atom is 0.246 e. The Morgan fingerprint density at radius 2 is 1.44 bits per heavy atom. The Hall–Kier alpha value is -4.02. The van der Waals surface area contributed by atoms with Crippen LogP contribution in [0.1, 0.15) is 60.2 Å². The van der Waals surface area contributed by atoms with Crippen LogP contribution in [-0.2, 0) is 51.3 Å². The molecule has 0 spiro atoms. The minimum absolute atomic E-state index is 0.0112. The summed E-state index contributed by atoms with van der Waals surface area (Å²) in [7, 11) is 0. The first-order chi connectivity index (χ1) is 23.7. The van der Waals surface area contributed by atoms with E-state index in [0.717, 1.165) is 11.8 Å². The van der Waals surface area contributed by atoms with E-state index in [4.69, 9.17) is 23.9 Å². The highest BCUT2D eigenvalue weighted by Crippen LogP contribution is 2.31. The van der Waals surface area contributed by atoms with Gasteiger partial charge in [0.05, 0.1) is 62.7 Å². The summed E-state index contributed by atoms with van der Waals surface area (Å²) in [4.78, 5) is 58.2. The molecule has 4 N–H and O–H groups in total. The van der Waals surface area contributed by atoms with E-state index in [1.165, 1.54) is 0 Å². The van der Waals surface area contributed by atoms with Crippen LogP contribution in [0.25, 0.3) is 21.9 Å². The van der Waals surface area contributed by atoms with Gasteiger partial charge in [0.2, 0.25) is 17.7 Å². The first-order valence-corrected chi connectivity index (χ1v) is 16.8. The van der Waals surface area contributed by atoms with Gasteiger partial charge < -0.3 is 44.6 Å². The van der Waals surface area contributed by atoms with Crippen LogP contribution < -0.4 is 16.0 Å². The summed E-state index contributed by atoms with van der Waals surface area (Å²) in [6.07, 6.45) is 1.17. The maximum atomic E-state index is 12.9. The Bertz CT molecular complexity index is 1590. The van der Waals surface area contributed by atoms with Gasteiger partial charge in [-0.3, -0.25) is 19.2 Å². The lowest BCUT2D eigenvalue weighted by Gasteiger charge is -2.20. The molecular formula is C35H52N6O9. The minimum Gasteiger partial charge on any atom is -0.389 e. The molecule has 0 radical (unpaired) electrons. The van der Waals surface area contributed by atoms with Crippen LogP contribution in [0.15, 0.2) is 24.3 Å². The lowest BCUT2D eigenvalue weighted by atomic mass is 9.89. The topological polar surface area (TPSA) is 192 Å². The van der Waals surface area contributed by atoms with Crippen LogP contribution in [0.4, 0.5) is 5.82 Å². The molecule has 0 aliphatic rings. The fourth-order valence-electron chi connectivity index (χ4n) is 4.75. The second-order valence-corrected chi connectivity index (χ2v) is 13.7. The van der Waals surface area contributed by atoms with Crippen molar-refractivity contribution in [1.29, 1.82) is 0 Å². The number of Topliss-reactive ketones (excluding diaryl/α,β-unsaturated/α-hetero) is 1. The molecule has 2 aromatic heterocycles. The summed E-state index contributed by atoms with van der Waals surface area (Å²) in [5, 5.41) is 19.3. The fraction of sp³-hybridized carbons (Fsp3) is 0.600. The predicted octanol–water partition coefficient (Wildman–Crippen LogP) is 2.51. The molecule has 15 nitrogen and oxygen atoms in total. The highest BCUT2D eigenvalue weighted by Gasteiger charge is 2.24. The zero-order chi connectivity index (χ0) is 36.7. The van der Waals surface area contributed by atoms with Gasteiger partial charge in [0.15, 0.2) is 11.6 Å². The highest BCUT2D eigenvalue weighted by atomic mass is 16.5. The number of hydrogen-bond acceptors (Lipinski definition) is 11. The van der Waals surface area contributed by atoms with Gasteiger partial charge in [0.25, 0.3) is 0 Å². The Kier molecular flexibility index (Phi) is 15.7. The Labute approximate surface area is 292 Å². The van der Waals surface area contributed by atoms with Crippen molar-refractivity contribution in [2.75, 3.05) is 64.7 Å². The summed E-state index contributed by atoms with van der Waals surface area (Å²) in [5.41, 5.74) is 0.784. The zero-order valence-corrected chi connectivity index (χ0v) is 30.1. The van der Waals surface area contributed by atoms with E-state index in [-0.39, 0.29) is 88.8 Å². The first-order valence-electron chi connectivity index (χ1n) is 16.8. The van der Waals surface area contributed by atoms with E-state index >= 15 is 0 Å². The number of benzene rings is 1. The summed E-state index contributed by atoms with van der Waals surface area (Å²) in [5.74, 6) is -0.577. The van der Waals surface area contributed by atoms with Gasteiger partial charge in [0, 0.05) is 18.4 Å². The number of imidazole rings is 1. The molecule has 3 aromatic rings. The molecule has 0 saturated carbocycles. The minimum atomic E-state index is -1.05. The van der Waals surface area contributed by atoms with Crippen LogP contribution in [0.5, 0.6) is 0 Å². The predicted molar refractivity (Wildman–Crippen MR) is 187 cm³/mol. The van der Waals surface area contributed by atoms with Crippen LogP contribution >= 0.6 is 0 Å². The number of anilines is 1. The summed E-state index contributed by atoms with van der Waals surface area (Å²) >= 11 is 0. The number of aliphatic hydroxyl groups is 1. The largest absolute Gasteiger partial charge is 0.389 e. The standard InChI is InChI=1S/C35H52N6O9/c1-7-47-20-27-39-31-32(41(27)23-35(5,6)46)25-10-8-9-11-26(25)38-33(31)40-28(43)19-37-30(45)22-50-17-15-48-14-16-49-21-29(44)36-18-24(42)12-13-34(2,3)4/h8-11,46H,7,12-23H2,1-6H3,(H,36,44)(H,37,45)(H,38,40,43). The van der Waals surface area contributed by atoms with Gasteiger partial charge >= 0.3 is 0 Å². The first kappa shape index (κ1) is 40.4. The molecule has 276 valence electrons. The molecule has 2 heterocycles. The monoisotopic (exact) mass is 700 g/mol. The normalized spacial score (nSPS) is 12.0. The third kappa shape index (κ3) is 14.1. The maximum absolute atomic E-state index is 12.9. The third-order valence-corrected chi connectivity index (χ3v) is 7.19. The van der Waals surface area contributed by atoms with Gasteiger partial charge in [-0.25, -0.2) is 9.97 Å². The molecule has 0 aliphatic heterocycles. The van der Waals surface area contributed by atoms with Crippen molar-refractivity contribution >= 4 is 51.3 Å². The van der Waals surface area contributed by atoms with Gasteiger partial charge in [-0.2, -0.15) is 0 Å². The number of fused-ring (bicyclic) bond motifs is 3. The Morgan fingerprint density at radius 3 is 2.06 bits per heavy atom. The smallest absolute Gasteiger partial charge is 0.246 e. The quantitative estimate of drug-likeness (QED) is 0.113. The summed E-state index contributed by atoms with van der Waals surface area (Å²) < 4.78 is 23.5. The average Bonchev–Trinajstić information content (AvgIpc) is 3.40. The second-order valence-electron chi connectivity index (χ2n) is 13.7. The van der Waals surface area contributed by atoms with Crippen LogP contribution in [-0.4, -0.2) is 108 Å². The second kappa shape index (κ2) is 19.4. The van der Waals surface area contributed by atoms with Gasteiger partial charge in [-0.15, -0.1) is 0 Å². The molecule has 3 rings (SSSR count).